The number of H-pyrrole nitrogens is 1. The normalized spacial score (nSPS) is 21.3. The number of imidazole rings is 1. The van der Waals surface area contributed by atoms with Gasteiger partial charge in [0.25, 0.3) is 5.91 Å². The second-order valence-electron chi connectivity index (χ2n) is 7.67. The van der Waals surface area contributed by atoms with Gasteiger partial charge in [0.05, 0.1) is 16.4 Å². The number of nitrogens with zero attached hydrogens (tertiary/aromatic N) is 2. The van der Waals surface area contributed by atoms with E-state index in [9.17, 15) is 9.59 Å². The van der Waals surface area contributed by atoms with Crippen molar-refractivity contribution in [3.8, 4) is 0 Å². The molecule has 28 heavy (non-hydrogen) atoms. The van der Waals surface area contributed by atoms with Gasteiger partial charge in [0, 0.05) is 12.1 Å². The molecule has 1 aromatic heterocycles. The van der Waals surface area contributed by atoms with E-state index in [1.54, 1.807) is 22.5 Å². The molecule has 3 N–H and O–H groups in total. The lowest BCUT2D eigenvalue weighted by Crippen LogP contribution is -2.39. The van der Waals surface area contributed by atoms with Gasteiger partial charge in [-0.3, -0.25) is 19.7 Å². The average molecular weight is 376 g/mol. The van der Waals surface area contributed by atoms with Gasteiger partial charge in [-0.15, -0.1) is 0 Å². The first-order valence-electron chi connectivity index (χ1n) is 9.43. The molecule has 0 saturated carbocycles. The molecule has 0 bridgehead atoms. The first-order valence-corrected chi connectivity index (χ1v) is 9.43. The van der Waals surface area contributed by atoms with Crippen LogP contribution >= 0.6 is 0 Å². The van der Waals surface area contributed by atoms with Crippen LogP contribution in [-0.4, -0.2) is 33.5 Å². The van der Waals surface area contributed by atoms with Crippen LogP contribution in [-0.2, 0) is 17.6 Å². The number of hydrogen-bond acceptors (Lipinski definition) is 4. The van der Waals surface area contributed by atoms with Crippen LogP contribution in [0.5, 0.6) is 0 Å². The van der Waals surface area contributed by atoms with Gasteiger partial charge in [0.1, 0.15) is 0 Å². The van der Waals surface area contributed by atoms with Gasteiger partial charge < -0.3 is 4.98 Å². The highest BCUT2D eigenvalue weighted by atomic mass is 16.5. The predicted octanol–water partition coefficient (Wildman–Crippen LogP) is 2.59. The third kappa shape index (κ3) is 2.51. The summed E-state index contributed by atoms with van der Waals surface area (Å²) in [6, 6.07) is 13.2. The van der Waals surface area contributed by atoms with Crippen LogP contribution in [0.25, 0.3) is 11.0 Å². The molecule has 1 saturated heterocycles. The summed E-state index contributed by atoms with van der Waals surface area (Å²) in [7, 11) is 0. The summed E-state index contributed by atoms with van der Waals surface area (Å²) in [6.07, 6.45) is 2.96. The number of hydrogen-bond donors (Lipinski definition) is 3. The molecule has 2 aromatic carbocycles. The molecule has 7 heteroatoms. The molecule has 1 fully saturated rings. The molecule has 1 atom stereocenters. The molecular weight excluding hydrogens is 356 g/mol. The van der Waals surface area contributed by atoms with Crippen molar-refractivity contribution < 1.29 is 14.8 Å². The maximum absolute atomic E-state index is 13.4. The zero-order chi connectivity index (χ0) is 19.3. The van der Waals surface area contributed by atoms with E-state index < -0.39 is 11.3 Å². The molecule has 5 rings (SSSR count). The Morgan fingerprint density at radius 1 is 1.18 bits per heavy atom. The first-order chi connectivity index (χ1) is 13.6. The van der Waals surface area contributed by atoms with Crippen molar-refractivity contribution in [2.45, 2.75) is 25.7 Å². The quantitative estimate of drug-likeness (QED) is 0.473. The van der Waals surface area contributed by atoms with Crippen LogP contribution in [0.4, 0.5) is 5.95 Å². The monoisotopic (exact) mass is 376 g/mol. The van der Waals surface area contributed by atoms with Crippen molar-refractivity contribution in [1.82, 2.24) is 15.4 Å². The third-order valence-corrected chi connectivity index (χ3v) is 6.12. The highest BCUT2D eigenvalue weighted by Gasteiger charge is 2.49. The largest absolute Gasteiger partial charge is 0.324 e. The van der Waals surface area contributed by atoms with Crippen LogP contribution in [0.1, 0.15) is 34.3 Å². The maximum atomic E-state index is 13.4. The SMILES string of the molecule is O=C(NO)c1ccc2c(c1)C[C@@]1(CC2)CCN(c2nc3ccccc3[nH]2)C1=O. The highest BCUT2D eigenvalue weighted by Crippen LogP contribution is 2.44. The number of amides is 2. The van der Waals surface area contributed by atoms with Gasteiger partial charge in [-0.25, -0.2) is 10.5 Å². The fraction of sp³-hybridized carbons (Fsp3) is 0.286. The summed E-state index contributed by atoms with van der Waals surface area (Å²) in [4.78, 5) is 34.7. The van der Waals surface area contributed by atoms with Gasteiger partial charge in [0.2, 0.25) is 11.9 Å². The van der Waals surface area contributed by atoms with Crippen LogP contribution in [0, 0.1) is 5.41 Å². The van der Waals surface area contributed by atoms with Crippen LogP contribution < -0.4 is 10.4 Å². The number of anilines is 1. The number of aryl methyl sites for hydroxylation is 1. The Hall–Kier alpha value is -3.19. The molecule has 2 aliphatic rings. The summed E-state index contributed by atoms with van der Waals surface area (Å²) in [5, 5.41) is 8.89. The molecule has 0 unspecified atom stereocenters. The van der Waals surface area contributed by atoms with Gasteiger partial charge in [-0.2, -0.15) is 0 Å². The Morgan fingerprint density at radius 3 is 2.86 bits per heavy atom. The van der Waals surface area contributed by atoms with Crippen LogP contribution in [0.15, 0.2) is 42.5 Å². The molecular formula is C21H20N4O3. The van der Waals surface area contributed by atoms with E-state index in [4.69, 9.17) is 5.21 Å². The van der Waals surface area contributed by atoms with E-state index in [-0.39, 0.29) is 5.91 Å². The van der Waals surface area contributed by atoms with Crippen molar-refractivity contribution in [2.75, 3.05) is 11.4 Å². The zero-order valence-corrected chi connectivity index (χ0v) is 15.2. The van der Waals surface area contributed by atoms with E-state index in [0.717, 1.165) is 41.4 Å². The second-order valence-corrected chi connectivity index (χ2v) is 7.67. The number of para-hydroxylation sites is 2. The van der Waals surface area contributed by atoms with E-state index >= 15 is 0 Å². The van der Waals surface area contributed by atoms with Crippen LogP contribution in [0.2, 0.25) is 0 Å². The predicted molar refractivity (Wildman–Crippen MR) is 103 cm³/mol. The Morgan fingerprint density at radius 2 is 2.04 bits per heavy atom. The lowest BCUT2D eigenvalue weighted by Gasteiger charge is -2.33. The zero-order valence-electron chi connectivity index (χ0n) is 15.2. The Balaban J connectivity index is 1.45. The number of carbonyl (C=O) groups is 2. The summed E-state index contributed by atoms with van der Waals surface area (Å²) in [5.41, 5.74) is 5.55. The number of benzene rings is 2. The van der Waals surface area contributed by atoms with Gasteiger partial charge in [0.15, 0.2) is 0 Å². The fourth-order valence-corrected chi connectivity index (χ4v) is 4.55. The average Bonchev–Trinajstić information content (AvgIpc) is 3.28. The van der Waals surface area contributed by atoms with Crippen molar-refractivity contribution in [1.29, 1.82) is 0 Å². The van der Waals surface area contributed by atoms with Crippen molar-refractivity contribution in [3.05, 3.63) is 59.2 Å². The van der Waals surface area contributed by atoms with Gasteiger partial charge >= 0.3 is 0 Å². The number of rotatable bonds is 2. The number of aromatic nitrogens is 2. The number of nitrogens with one attached hydrogen (secondary N) is 2. The van der Waals surface area contributed by atoms with Crippen molar-refractivity contribution in [3.63, 3.8) is 0 Å². The minimum atomic E-state index is -0.538. The molecule has 7 nitrogen and oxygen atoms in total. The Kier molecular flexibility index (Phi) is 3.73. The third-order valence-electron chi connectivity index (χ3n) is 6.12. The van der Waals surface area contributed by atoms with E-state index in [1.165, 1.54) is 0 Å². The van der Waals surface area contributed by atoms with Crippen LogP contribution in [0.3, 0.4) is 0 Å². The minimum absolute atomic E-state index is 0.0919. The summed E-state index contributed by atoms with van der Waals surface area (Å²) in [5.74, 6) is 0.153. The number of carbonyl (C=O) groups excluding carboxylic acids is 2. The number of aromatic amines is 1. The Bertz CT molecular complexity index is 1070. The second kappa shape index (κ2) is 6.17. The molecule has 1 aliphatic carbocycles. The lowest BCUT2D eigenvalue weighted by atomic mass is 9.70. The smallest absolute Gasteiger partial charge is 0.274 e. The molecule has 2 amide bonds. The van der Waals surface area contributed by atoms with E-state index in [0.29, 0.717) is 24.5 Å². The summed E-state index contributed by atoms with van der Waals surface area (Å²) >= 11 is 0. The molecule has 1 spiro atoms. The molecule has 3 aromatic rings. The summed E-state index contributed by atoms with van der Waals surface area (Å²) in [6.45, 7) is 0.630. The molecule has 2 heterocycles. The number of fused-ring (bicyclic) bond motifs is 2. The molecule has 142 valence electrons. The number of hydroxylamine groups is 1. The fourth-order valence-electron chi connectivity index (χ4n) is 4.55. The Labute approximate surface area is 161 Å². The maximum Gasteiger partial charge on any atom is 0.274 e. The van der Waals surface area contributed by atoms with Gasteiger partial charge in [-0.05, 0) is 61.1 Å². The first kappa shape index (κ1) is 16.9. The molecule has 1 aliphatic heterocycles. The molecule has 0 radical (unpaired) electrons. The topological polar surface area (TPSA) is 98.3 Å². The van der Waals surface area contributed by atoms with E-state index in [2.05, 4.69) is 9.97 Å². The van der Waals surface area contributed by atoms with Crippen molar-refractivity contribution >= 4 is 28.8 Å². The lowest BCUT2D eigenvalue weighted by molar-refractivity contribution is -0.126. The van der Waals surface area contributed by atoms with Gasteiger partial charge in [-0.1, -0.05) is 18.2 Å². The van der Waals surface area contributed by atoms with Crippen molar-refractivity contribution in [2.24, 2.45) is 5.41 Å². The standard InChI is InChI=1S/C21H20N4O3/c26-18(24-28)14-6-5-13-7-8-21(12-15(13)11-14)9-10-25(19(21)27)20-22-16-3-1-2-4-17(16)23-20/h1-6,11,28H,7-10,12H2,(H,22,23)(H,24,26)/t21-/m1/s1. The minimum Gasteiger partial charge on any atom is -0.324 e. The summed E-state index contributed by atoms with van der Waals surface area (Å²) < 4.78 is 0. The highest BCUT2D eigenvalue weighted by molar-refractivity contribution is 6.00. The van der Waals surface area contributed by atoms with E-state index in [1.807, 2.05) is 30.3 Å².